The van der Waals surface area contributed by atoms with Gasteiger partial charge in [0.15, 0.2) is 6.61 Å². The Hall–Kier alpha value is -2.48. The van der Waals surface area contributed by atoms with Crippen LogP contribution >= 0.6 is 0 Å². The summed E-state index contributed by atoms with van der Waals surface area (Å²) in [5.74, 6) is 0.689. The summed E-state index contributed by atoms with van der Waals surface area (Å²) in [4.78, 5) is 4.18. The van der Waals surface area contributed by atoms with Crippen LogP contribution in [0.25, 0.3) is 0 Å². The third-order valence-electron chi connectivity index (χ3n) is 2.91. The zero-order valence-electron chi connectivity index (χ0n) is 11.7. The molecule has 5 heteroatoms. The van der Waals surface area contributed by atoms with Crippen molar-refractivity contribution in [2.24, 2.45) is 0 Å². The van der Waals surface area contributed by atoms with Crippen molar-refractivity contribution >= 4 is 5.69 Å². The number of aromatic nitrogens is 2. The Morgan fingerprint density at radius 2 is 2.30 bits per heavy atom. The van der Waals surface area contributed by atoms with Crippen molar-refractivity contribution < 1.29 is 4.74 Å². The van der Waals surface area contributed by atoms with Crippen molar-refractivity contribution in [3.05, 3.63) is 42.5 Å². The van der Waals surface area contributed by atoms with Crippen LogP contribution in [0.2, 0.25) is 0 Å². The van der Waals surface area contributed by atoms with Crippen LogP contribution in [-0.2, 0) is 6.54 Å². The number of anilines is 1. The molecule has 0 spiro atoms. The van der Waals surface area contributed by atoms with Gasteiger partial charge in [-0.3, -0.25) is 0 Å². The molecule has 1 N–H and O–H groups in total. The van der Waals surface area contributed by atoms with E-state index in [2.05, 4.69) is 28.7 Å². The Bertz CT molecular complexity index is 598. The molecule has 0 fully saturated rings. The van der Waals surface area contributed by atoms with Crippen LogP contribution < -0.4 is 10.1 Å². The van der Waals surface area contributed by atoms with Crippen LogP contribution in [0.1, 0.15) is 25.6 Å². The number of benzene rings is 1. The Kier molecular flexibility index (Phi) is 4.61. The standard InChI is InChI=1S/C15H18N4O/c1-12(2)19-11-17-9-14(19)10-18-13-4-3-5-15(8-13)20-7-6-16/h3-5,8-9,11-12,18H,7,10H2,1-2H3. The molecule has 0 saturated heterocycles. The fourth-order valence-corrected chi connectivity index (χ4v) is 1.94. The van der Waals surface area contributed by atoms with Gasteiger partial charge in [0.05, 0.1) is 18.6 Å². The first-order valence-corrected chi connectivity index (χ1v) is 6.55. The van der Waals surface area contributed by atoms with E-state index >= 15 is 0 Å². The predicted molar refractivity (Wildman–Crippen MR) is 77.5 cm³/mol. The van der Waals surface area contributed by atoms with E-state index in [4.69, 9.17) is 10.00 Å². The highest BCUT2D eigenvalue weighted by atomic mass is 16.5. The van der Waals surface area contributed by atoms with Gasteiger partial charge in [-0.2, -0.15) is 5.26 Å². The summed E-state index contributed by atoms with van der Waals surface area (Å²) in [6.45, 7) is 5.01. The number of nitrogens with one attached hydrogen (secondary N) is 1. The van der Waals surface area contributed by atoms with Crippen LogP contribution in [0.4, 0.5) is 5.69 Å². The first kappa shape index (κ1) is 13.9. The van der Waals surface area contributed by atoms with E-state index in [-0.39, 0.29) is 6.61 Å². The second-order valence-corrected chi connectivity index (χ2v) is 4.71. The van der Waals surface area contributed by atoms with Gasteiger partial charge in [0.25, 0.3) is 0 Å². The molecule has 0 aliphatic carbocycles. The number of rotatable bonds is 6. The molecular weight excluding hydrogens is 252 g/mol. The van der Waals surface area contributed by atoms with E-state index in [0.29, 0.717) is 18.3 Å². The summed E-state index contributed by atoms with van der Waals surface area (Å²) in [7, 11) is 0. The van der Waals surface area contributed by atoms with Gasteiger partial charge in [-0.25, -0.2) is 4.98 Å². The Labute approximate surface area is 118 Å². The summed E-state index contributed by atoms with van der Waals surface area (Å²) >= 11 is 0. The van der Waals surface area contributed by atoms with Gasteiger partial charge in [-0.1, -0.05) is 6.07 Å². The number of nitriles is 1. The Morgan fingerprint density at radius 1 is 1.45 bits per heavy atom. The molecular formula is C15H18N4O. The van der Waals surface area contributed by atoms with Gasteiger partial charge >= 0.3 is 0 Å². The third-order valence-corrected chi connectivity index (χ3v) is 2.91. The van der Waals surface area contributed by atoms with E-state index in [1.165, 1.54) is 0 Å². The molecule has 0 saturated carbocycles. The number of nitrogens with zero attached hydrogens (tertiary/aromatic N) is 3. The summed E-state index contributed by atoms with van der Waals surface area (Å²) < 4.78 is 7.40. The SMILES string of the molecule is CC(C)n1cncc1CNc1cccc(OCC#N)c1. The average molecular weight is 270 g/mol. The van der Waals surface area contributed by atoms with E-state index in [0.717, 1.165) is 11.4 Å². The minimum Gasteiger partial charge on any atom is -0.479 e. The molecule has 20 heavy (non-hydrogen) atoms. The van der Waals surface area contributed by atoms with Crippen molar-refractivity contribution in [1.82, 2.24) is 9.55 Å². The molecule has 2 rings (SSSR count). The van der Waals surface area contributed by atoms with E-state index in [1.54, 1.807) is 0 Å². The van der Waals surface area contributed by atoms with Crippen LogP contribution in [-0.4, -0.2) is 16.2 Å². The van der Waals surface area contributed by atoms with Crippen LogP contribution in [0, 0.1) is 11.3 Å². The zero-order chi connectivity index (χ0) is 14.4. The van der Waals surface area contributed by atoms with Crippen molar-refractivity contribution in [2.45, 2.75) is 26.4 Å². The zero-order valence-corrected chi connectivity index (χ0v) is 11.7. The monoisotopic (exact) mass is 270 g/mol. The van der Waals surface area contributed by atoms with Gasteiger partial charge in [-0.15, -0.1) is 0 Å². The number of hydrogen-bond acceptors (Lipinski definition) is 4. The van der Waals surface area contributed by atoms with Gasteiger partial charge in [-0.05, 0) is 26.0 Å². The molecule has 0 bridgehead atoms. The lowest BCUT2D eigenvalue weighted by molar-refractivity contribution is 0.368. The molecule has 0 amide bonds. The second kappa shape index (κ2) is 6.62. The largest absolute Gasteiger partial charge is 0.479 e. The molecule has 1 aromatic carbocycles. The quantitative estimate of drug-likeness (QED) is 0.876. The highest BCUT2D eigenvalue weighted by molar-refractivity contribution is 5.48. The van der Waals surface area contributed by atoms with E-state index in [9.17, 15) is 0 Å². The van der Waals surface area contributed by atoms with Crippen molar-refractivity contribution in [1.29, 1.82) is 5.26 Å². The maximum atomic E-state index is 8.51. The summed E-state index contributed by atoms with van der Waals surface area (Å²) in [5.41, 5.74) is 2.08. The first-order chi connectivity index (χ1) is 9.70. The van der Waals surface area contributed by atoms with Crippen LogP contribution in [0.15, 0.2) is 36.8 Å². The molecule has 1 heterocycles. The maximum absolute atomic E-state index is 8.51. The summed E-state index contributed by atoms with van der Waals surface area (Å²) in [5, 5.41) is 11.8. The maximum Gasteiger partial charge on any atom is 0.174 e. The highest BCUT2D eigenvalue weighted by Crippen LogP contribution is 2.18. The summed E-state index contributed by atoms with van der Waals surface area (Å²) in [6, 6.07) is 9.93. The minimum atomic E-state index is 0.0591. The van der Waals surface area contributed by atoms with Crippen molar-refractivity contribution in [3.63, 3.8) is 0 Å². The molecule has 1 aromatic heterocycles. The molecule has 104 valence electrons. The molecule has 0 unspecified atom stereocenters. The Balaban J connectivity index is 2.00. The summed E-state index contributed by atoms with van der Waals surface area (Å²) in [6.07, 6.45) is 3.71. The van der Waals surface area contributed by atoms with Gasteiger partial charge in [0, 0.05) is 24.0 Å². The van der Waals surface area contributed by atoms with Gasteiger partial charge < -0.3 is 14.6 Å². The fourth-order valence-electron chi connectivity index (χ4n) is 1.94. The van der Waals surface area contributed by atoms with Gasteiger partial charge in [0.2, 0.25) is 0 Å². The minimum absolute atomic E-state index is 0.0591. The van der Waals surface area contributed by atoms with Crippen molar-refractivity contribution in [3.8, 4) is 11.8 Å². The first-order valence-electron chi connectivity index (χ1n) is 6.55. The van der Waals surface area contributed by atoms with Crippen molar-refractivity contribution in [2.75, 3.05) is 11.9 Å². The number of hydrogen-bond donors (Lipinski definition) is 1. The lowest BCUT2D eigenvalue weighted by Crippen LogP contribution is -2.08. The second-order valence-electron chi connectivity index (χ2n) is 4.71. The third kappa shape index (κ3) is 3.51. The molecule has 0 radical (unpaired) electrons. The van der Waals surface area contributed by atoms with E-state index < -0.39 is 0 Å². The topological polar surface area (TPSA) is 62.9 Å². The number of ether oxygens (including phenoxy) is 1. The normalized spacial score (nSPS) is 10.3. The molecule has 2 aromatic rings. The predicted octanol–water partition coefficient (Wildman–Crippen LogP) is 2.98. The number of imidazole rings is 1. The van der Waals surface area contributed by atoms with Gasteiger partial charge in [0.1, 0.15) is 11.8 Å². The molecule has 0 atom stereocenters. The fraction of sp³-hybridized carbons (Fsp3) is 0.333. The van der Waals surface area contributed by atoms with Crippen LogP contribution in [0.5, 0.6) is 5.75 Å². The lowest BCUT2D eigenvalue weighted by Gasteiger charge is -2.13. The van der Waals surface area contributed by atoms with E-state index in [1.807, 2.05) is 42.9 Å². The van der Waals surface area contributed by atoms with Crippen LogP contribution in [0.3, 0.4) is 0 Å². The highest BCUT2D eigenvalue weighted by Gasteiger charge is 2.05. The Morgan fingerprint density at radius 3 is 3.05 bits per heavy atom. The lowest BCUT2D eigenvalue weighted by atomic mass is 10.3. The molecule has 0 aliphatic heterocycles. The molecule has 5 nitrogen and oxygen atoms in total. The smallest absolute Gasteiger partial charge is 0.174 e. The molecule has 0 aliphatic rings. The average Bonchev–Trinajstić information content (AvgIpc) is 2.92.